The number of hydrogen-bond donors (Lipinski definition) is 0. The van der Waals surface area contributed by atoms with Crippen molar-refractivity contribution in [2.45, 2.75) is 303 Å². The lowest BCUT2D eigenvalue weighted by atomic mass is 10.0. The Labute approximate surface area is 445 Å². The van der Waals surface area contributed by atoms with Gasteiger partial charge in [-0.25, -0.2) is 0 Å². The molecule has 0 aromatic carbocycles. The first-order valence-corrected chi connectivity index (χ1v) is 30.6. The first-order chi connectivity index (χ1) is 35.5. The van der Waals surface area contributed by atoms with Gasteiger partial charge in [-0.15, -0.1) is 0 Å². The molecule has 0 bridgehead atoms. The van der Waals surface area contributed by atoms with Gasteiger partial charge in [0.2, 0.25) is 0 Å². The average Bonchev–Trinajstić information content (AvgIpc) is 3.38. The number of esters is 3. The third kappa shape index (κ3) is 57.5. The minimum Gasteiger partial charge on any atom is -0.462 e. The molecule has 0 aliphatic carbocycles. The van der Waals surface area contributed by atoms with E-state index in [1.54, 1.807) is 0 Å². The van der Waals surface area contributed by atoms with Crippen LogP contribution in [0.4, 0.5) is 0 Å². The van der Waals surface area contributed by atoms with E-state index in [1.807, 2.05) is 0 Å². The molecule has 0 spiro atoms. The maximum Gasteiger partial charge on any atom is 0.306 e. The molecule has 0 saturated heterocycles. The van der Waals surface area contributed by atoms with Crippen molar-refractivity contribution in [1.29, 1.82) is 0 Å². The number of rotatable bonds is 55. The third-order valence-electron chi connectivity index (χ3n) is 13.1. The van der Waals surface area contributed by atoms with Crippen molar-refractivity contribution in [2.75, 3.05) is 13.2 Å². The fraction of sp³-hybridized carbons (Fsp3) is 0.742. The van der Waals surface area contributed by atoms with E-state index in [0.717, 1.165) is 116 Å². The predicted octanol–water partition coefficient (Wildman–Crippen LogP) is 20.7. The smallest absolute Gasteiger partial charge is 0.306 e. The predicted molar refractivity (Wildman–Crippen MR) is 311 cm³/mol. The van der Waals surface area contributed by atoms with E-state index < -0.39 is 6.10 Å². The number of unbranched alkanes of at least 4 members (excludes halogenated alkanes) is 30. The molecule has 0 amide bonds. The maximum atomic E-state index is 12.8. The first-order valence-electron chi connectivity index (χ1n) is 30.6. The van der Waals surface area contributed by atoms with Crippen LogP contribution in [0.2, 0.25) is 0 Å². The second-order valence-electron chi connectivity index (χ2n) is 20.2. The van der Waals surface area contributed by atoms with Gasteiger partial charge in [0, 0.05) is 19.3 Å². The minimum atomic E-state index is -0.790. The van der Waals surface area contributed by atoms with Crippen molar-refractivity contribution in [3.63, 3.8) is 0 Å². The van der Waals surface area contributed by atoms with E-state index >= 15 is 0 Å². The Morgan fingerprint density at radius 3 is 0.889 bits per heavy atom. The number of ether oxygens (including phenoxy) is 3. The summed E-state index contributed by atoms with van der Waals surface area (Å²) in [6, 6.07) is 0. The summed E-state index contributed by atoms with van der Waals surface area (Å²) < 4.78 is 16.9. The molecule has 414 valence electrons. The van der Waals surface area contributed by atoms with Crippen LogP contribution >= 0.6 is 0 Å². The van der Waals surface area contributed by atoms with Crippen molar-refractivity contribution in [2.24, 2.45) is 0 Å². The summed E-state index contributed by atoms with van der Waals surface area (Å²) in [4.78, 5) is 38.2. The highest BCUT2D eigenvalue weighted by Gasteiger charge is 2.19. The molecular weight excluding hydrogens is 889 g/mol. The van der Waals surface area contributed by atoms with Crippen molar-refractivity contribution in [3.8, 4) is 0 Å². The van der Waals surface area contributed by atoms with Gasteiger partial charge in [0.05, 0.1) is 0 Å². The Morgan fingerprint density at radius 2 is 0.542 bits per heavy atom. The van der Waals surface area contributed by atoms with Crippen LogP contribution in [0, 0.1) is 0 Å². The second-order valence-corrected chi connectivity index (χ2v) is 20.2. The molecule has 72 heavy (non-hydrogen) atoms. The van der Waals surface area contributed by atoms with Gasteiger partial charge >= 0.3 is 17.9 Å². The molecule has 0 aliphatic rings. The van der Waals surface area contributed by atoms with E-state index in [4.69, 9.17) is 14.2 Å². The minimum absolute atomic E-state index is 0.0865. The van der Waals surface area contributed by atoms with E-state index in [1.165, 1.54) is 141 Å². The van der Waals surface area contributed by atoms with E-state index in [9.17, 15) is 14.4 Å². The van der Waals surface area contributed by atoms with Gasteiger partial charge in [0.1, 0.15) is 13.2 Å². The summed E-state index contributed by atoms with van der Waals surface area (Å²) >= 11 is 0. The van der Waals surface area contributed by atoms with Gasteiger partial charge in [-0.3, -0.25) is 14.4 Å². The lowest BCUT2D eigenvalue weighted by molar-refractivity contribution is -0.167. The second kappa shape index (κ2) is 60.1. The molecule has 0 aliphatic heterocycles. The average molecular weight is 1000 g/mol. The van der Waals surface area contributed by atoms with Crippen LogP contribution in [0.1, 0.15) is 297 Å². The number of carbonyl (C=O) groups is 3. The summed E-state index contributed by atoms with van der Waals surface area (Å²) in [5.74, 6) is -0.908. The van der Waals surface area contributed by atoms with Crippen molar-refractivity contribution in [1.82, 2.24) is 0 Å². The summed E-state index contributed by atoms with van der Waals surface area (Å²) in [6.07, 6.45) is 78.7. The van der Waals surface area contributed by atoms with Crippen LogP contribution in [0.3, 0.4) is 0 Å². The zero-order chi connectivity index (χ0) is 52.2. The van der Waals surface area contributed by atoms with Gasteiger partial charge in [-0.1, -0.05) is 247 Å². The van der Waals surface area contributed by atoms with E-state index in [-0.39, 0.29) is 31.1 Å². The van der Waals surface area contributed by atoms with Crippen LogP contribution in [0.5, 0.6) is 0 Å². The summed E-state index contributed by atoms with van der Waals surface area (Å²) in [5.41, 5.74) is 0. The summed E-state index contributed by atoms with van der Waals surface area (Å²) in [7, 11) is 0. The summed E-state index contributed by atoms with van der Waals surface area (Å²) in [5, 5.41) is 0. The van der Waals surface area contributed by atoms with Crippen LogP contribution in [0.15, 0.2) is 85.1 Å². The molecule has 0 heterocycles. The molecule has 0 N–H and O–H groups in total. The molecule has 0 saturated carbocycles. The van der Waals surface area contributed by atoms with Gasteiger partial charge in [0.25, 0.3) is 0 Å². The van der Waals surface area contributed by atoms with Crippen LogP contribution in [0.25, 0.3) is 0 Å². The highest BCUT2D eigenvalue weighted by atomic mass is 16.6. The van der Waals surface area contributed by atoms with Gasteiger partial charge in [0.15, 0.2) is 6.10 Å². The van der Waals surface area contributed by atoms with Gasteiger partial charge in [-0.2, -0.15) is 0 Å². The van der Waals surface area contributed by atoms with Crippen LogP contribution < -0.4 is 0 Å². The third-order valence-corrected chi connectivity index (χ3v) is 13.1. The maximum absolute atomic E-state index is 12.8. The Bertz CT molecular complexity index is 1380. The van der Waals surface area contributed by atoms with Crippen molar-refractivity contribution >= 4 is 17.9 Å². The lowest BCUT2D eigenvalue weighted by Crippen LogP contribution is -2.30. The fourth-order valence-corrected chi connectivity index (χ4v) is 8.52. The highest BCUT2D eigenvalue weighted by molar-refractivity contribution is 5.71. The Balaban J connectivity index is 4.26. The van der Waals surface area contributed by atoms with Crippen LogP contribution in [-0.2, 0) is 28.6 Å². The van der Waals surface area contributed by atoms with E-state index in [2.05, 4.69) is 106 Å². The molecule has 0 aromatic rings. The fourth-order valence-electron chi connectivity index (χ4n) is 8.52. The molecule has 0 aromatic heterocycles. The molecule has 0 rings (SSSR count). The molecule has 0 fully saturated rings. The molecule has 1 atom stereocenters. The van der Waals surface area contributed by atoms with Gasteiger partial charge < -0.3 is 14.2 Å². The van der Waals surface area contributed by atoms with Crippen molar-refractivity contribution in [3.05, 3.63) is 85.1 Å². The number of allylic oxidation sites excluding steroid dienone is 14. The largest absolute Gasteiger partial charge is 0.462 e. The molecule has 6 heteroatoms. The monoisotopic (exact) mass is 1000 g/mol. The normalized spacial score (nSPS) is 12.7. The quantitative estimate of drug-likeness (QED) is 0.0261. The number of hydrogen-bond acceptors (Lipinski definition) is 6. The number of carbonyl (C=O) groups excluding carboxylic acids is 3. The zero-order valence-corrected chi connectivity index (χ0v) is 47.4. The Kier molecular flexibility index (Phi) is 57.3. The summed E-state index contributed by atoms with van der Waals surface area (Å²) in [6.45, 7) is 6.49. The first kappa shape index (κ1) is 68.6. The molecule has 1 unspecified atom stereocenters. The zero-order valence-electron chi connectivity index (χ0n) is 47.4. The SMILES string of the molecule is CC/C=C\C/C=C\C/C=C\CCCCCCCC(=O)OC(COC(=O)CCCCCCC/C=C\CCCCC)COC(=O)CCCCCCCCCCCCCC/C=C\C/C=C\C/C=C\CCCCCCC. The highest BCUT2D eigenvalue weighted by Crippen LogP contribution is 2.16. The molecule has 0 radical (unpaired) electrons. The van der Waals surface area contributed by atoms with E-state index in [0.29, 0.717) is 19.3 Å². The Morgan fingerprint density at radius 1 is 0.292 bits per heavy atom. The topological polar surface area (TPSA) is 78.9 Å². The molecule has 6 nitrogen and oxygen atoms in total. The Hall–Kier alpha value is -3.41. The van der Waals surface area contributed by atoms with Crippen molar-refractivity contribution < 1.29 is 28.6 Å². The van der Waals surface area contributed by atoms with Gasteiger partial charge in [-0.05, 0) is 116 Å². The van der Waals surface area contributed by atoms with Crippen LogP contribution in [-0.4, -0.2) is 37.2 Å². The molecular formula is C66H114O6. The standard InChI is InChI=1S/C66H114O6/c1-4-7-10-13-16-19-22-25-27-28-29-30-31-32-33-34-35-36-37-38-40-41-44-47-50-53-56-59-65(68)71-62-63(61-70-64(67)58-55-52-49-46-43-24-21-18-15-12-9-6-3)72-66(69)60-57-54-51-48-45-42-39-26-23-20-17-14-11-8-5-2/h8,11,17-18,20-22,25-26,28-29,31-32,39,63H,4-7,9-10,12-16,19,23-24,27,30,33-38,40-62H2,1-3H3/b11-8-,20-17-,21-18-,25-22-,29-28-,32-31-,39-26-. The lowest BCUT2D eigenvalue weighted by Gasteiger charge is -2.18.